The third-order valence-electron chi connectivity index (χ3n) is 3.94. The monoisotopic (exact) mass is 468 g/mol. The van der Waals surface area contributed by atoms with E-state index in [1.807, 2.05) is 0 Å². The van der Waals surface area contributed by atoms with Gasteiger partial charge in [0.15, 0.2) is 5.78 Å². The summed E-state index contributed by atoms with van der Waals surface area (Å²) < 4.78 is 71.4. The van der Waals surface area contributed by atoms with Crippen molar-refractivity contribution in [2.45, 2.75) is 57.5 Å². The zero-order chi connectivity index (χ0) is 24.2. The molecule has 1 unspecified atom stereocenters. The Morgan fingerprint density at radius 3 is 2.19 bits per heavy atom. The van der Waals surface area contributed by atoms with Gasteiger partial charge in [-0.25, -0.2) is 4.39 Å². The SMILES string of the molecule is CC(=O)OCC(=O)C[C@](C)(N[S+]([O-])C(C)(C)C)c1cc(NC(=O)C(F)(F)F)ccc1F. The highest BCUT2D eigenvalue weighted by Crippen LogP contribution is 2.33. The van der Waals surface area contributed by atoms with Crippen LogP contribution < -0.4 is 10.0 Å². The molecule has 0 aromatic heterocycles. The number of benzene rings is 1. The average molecular weight is 468 g/mol. The third kappa shape index (κ3) is 8.11. The van der Waals surface area contributed by atoms with Gasteiger partial charge in [-0.2, -0.15) is 13.2 Å². The van der Waals surface area contributed by atoms with Gasteiger partial charge in [0.1, 0.15) is 17.2 Å². The number of halogens is 4. The number of esters is 1. The number of ketones is 1. The Morgan fingerprint density at radius 2 is 1.71 bits per heavy atom. The van der Waals surface area contributed by atoms with E-state index in [1.54, 1.807) is 26.1 Å². The molecule has 0 heterocycles. The number of Topliss-reactive ketones (excluding diaryl/α,β-unsaturated/α-hetero) is 1. The molecule has 0 aliphatic carbocycles. The molecule has 0 saturated carbocycles. The Bertz CT molecular complexity index is 842. The van der Waals surface area contributed by atoms with Gasteiger partial charge in [0.2, 0.25) is 0 Å². The Labute approximate surface area is 180 Å². The zero-order valence-corrected chi connectivity index (χ0v) is 18.4. The fraction of sp³-hybridized carbons (Fsp3) is 0.526. The molecule has 0 aliphatic heterocycles. The molecule has 1 amide bonds. The second kappa shape index (κ2) is 9.96. The van der Waals surface area contributed by atoms with Crippen LogP contribution in [0.25, 0.3) is 0 Å². The minimum absolute atomic E-state index is 0.304. The number of amides is 1. The summed E-state index contributed by atoms with van der Waals surface area (Å²) in [6.07, 6.45) is -5.67. The van der Waals surface area contributed by atoms with Gasteiger partial charge in [-0.15, -0.1) is 4.72 Å². The van der Waals surface area contributed by atoms with Crippen molar-refractivity contribution in [2.75, 3.05) is 11.9 Å². The fourth-order valence-corrected chi connectivity index (χ4v) is 3.30. The molecule has 0 bridgehead atoms. The summed E-state index contributed by atoms with van der Waals surface area (Å²) in [5.74, 6) is -4.54. The Morgan fingerprint density at radius 1 is 1.13 bits per heavy atom. The molecule has 31 heavy (non-hydrogen) atoms. The van der Waals surface area contributed by atoms with Crippen LogP contribution >= 0.6 is 0 Å². The lowest BCUT2D eigenvalue weighted by Crippen LogP contribution is -2.51. The number of rotatable bonds is 8. The summed E-state index contributed by atoms with van der Waals surface area (Å²) in [5, 5.41) is 1.61. The molecule has 1 rings (SSSR count). The number of hydrogen-bond acceptors (Lipinski definition) is 6. The fourth-order valence-electron chi connectivity index (χ4n) is 2.40. The Hall–Kier alpha value is -2.18. The minimum Gasteiger partial charge on any atom is -0.598 e. The molecule has 1 aromatic rings. The van der Waals surface area contributed by atoms with Crippen LogP contribution in [0.3, 0.4) is 0 Å². The number of carbonyl (C=O) groups excluding carboxylic acids is 3. The largest absolute Gasteiger partial charge is 0.598 e. The molecule has 0 radical (unpaired) electrons. The van der Waals surface area contributed by atoms with E-state index in [0.29, 0.717) is 0 Å². The maximum absolute atomic E-state index is 14.7. The predicted octanol–water partition coefficient (Wildman–Crippen LogP) is 3.12. The van der Waals surface area contributed by atoms with Crippen molar-refractivity contribution in [3.8, 4) is 0 Å². The summed E-state index contributed by atoms with van der Waals surface area (Å²) >= 11 is -1.82. The molecule has 0 fully saturated rings. The van der Waals surface area contributed by atoms with Gasteiger partial charge in [-0.05, 0) is 45.9 Å². The first-order chi connectivity index (χ1) is 14.0. The van der Waals surface area contributed by atoms with E-state index in [1.165, 1.54) is 6.92 Å². The van der Waals surface area contributed by atoms with Crippen LogP contribution in [0.1, 0.15) is 46.6 Å². The van der Waals surface area contributed by atoms with Crippen LogP contribution in [-0.4, -0.2) is 39.7 Å². The van der Waals surface area contributed by atoms with Gasteiger partial charge in [-0.3, -0.25) is 14.4 Å². The highest BCUT2D eigenvalue weighted by atomic mass is 32.2. The molecule has 0 aliphatic rings. The number of hydrogen-bond donors (Lipinski definition) is 2. The molecule has 2 N–H and O–H groups in total. The first kappa shape index (κ1) is 26.9. The lowest BCUT2D eigenvalue weighted by atomic mass is 9.87. The Balaban J connectivity index is 3.36. The predicted molar refractivity (Wildman–Crippen MR) is 106 cm³/mol. The van der Waals surface area contributed by atoms with Crippen molar-refractivity contribution >= 4 is 34.7 Å². The molecule has 2 atom stereocenters. The van der Waals surface area contributed by atoms with Crippen molar-refractivity contribution in [1.29, 1.82) is 0 Å². The van der Waals surface area contributed by atoms with E-state index in [4.69, 9.17) is 0 Å². The highest BCUT2D eigenvalue weighted by Gasteiger charge is 2.42. The van der Waals surface area contributed by atoms with Crippen molar-refractivity contribution in [3.05, 3.63) is 29.6 Å². The van der Waals surface area contributed by atoms with Crippen LogP contribution in [0, 0.1) is 5.82 Å². The topological polar surface area (TPSA) is 108 Å². The van der Waals surface area contributed by atoms with E-state index in [-0.39, 0.29) is 11.3 Å². The quantitative estimate of drug-likeness (QED) is 0.345. The minimum atomic E-state index is -5.16. The number of nitrogens with one attached hydrogen (secondary N) is 2. The van der Waals surface area contributed by atoms with Gasteiger partial charge >= 0.3 is 18.1 Å². The van der Waals surface area contributed by atoms with Crippen LogP contribution in [0.2, 0.25) is 0 Å². The first-order valence-corrected chi connectivity index (χ1v) is 10.1. The number of alkyl halides is 3. The van der Waals surface area contributed by atoms with Gasteiger partial charge < -0.3 is 14.6 Å². The second-order valence-corrected chi connectivity index (χ2v) is 9.92. The van der Waals surface area contributed by atoms with Crippen LogP contribution in [-0.2, 0) is 36.0 Å². The zero-order valence-electron chi connectivity index (χ0n) is 17.6. The van der Waals surface area contributed by atoms with Crippen molar-refractivity contribution in [3.63, 3.8) is 0 Å². The van der Waals surface area contributed by atoms with E-state index < -0.39 is 64.3 Å². The van der Waals surface area contributed by atoms with Crippen molar-refractivity contribution < 1.29 is 41.2 Å². The number of carbonyl (C=O) groups is 3. The standard InChI is InChI=1S/C19H24F4N2O5S/c1-11(26)30-10-13(27)9-18(5,25-31(29)17(2,3)4)14-8-12(6-7-15(14)20)24-16(28)19(21,22)23/h6-8,25H,9-10H2,1-5H3,(H,24,28)/t18-,31?/m0/s1. The molecule has 7 nitrogen and oxygen atoms in total. The summed E-state index contributed by atoms with van der Waals surface area (Å²) in [5.41, 5.74) is -2.35. The van der Waals surface area contributed by atoms with E-state index >= 15 is 0 Å². The van der Waals surface area contributed by atoms with Crippen LogP contribution in [0.15, 0.2) is 18.2 Å². The van der Waals surface area contributed by atoms with Crippen molar-refractivity contribution in [2.24, 2.45) is 0 Å². The number of anilines is 1. The highest BCUT2D eigenvalue weighted by molar-refractivity contribution is 7.90. The molecular formula is C19H24F4N2O5S. The molecule has 0 saturated heterocycles. The van der Waals surface area contributed by atoms with Gasteiger partial charge in [0.05, 0.1) is 5.54 Å². The lowest BCUT2D eigenvalue weighted by Gasteiger charge is -2.35. The average Bonchev–Trinajstić information content (AvgIpc) is 2.59. The molecular weight excluding hydrogens is 444 g/mol. The maximum Gasteiger partial charge on any atom is 0.471 e. The lowest BCUT2D eigenvalue weighted by molar-refractivity contribution is -0.167. The van der Waals surface area contributed by atoms with Gasteiger partial charge in [0.25, 0.3) is 0 Å². The molecule has 1 aromatic carbocycles. The summed E-state index contributed by atoms with van der Waals surface area (Å²) in [6.45, 7) is 6.65. The van der Waals surface area contributed by atoms with Gasteiger partial charge in [0, 0.05) is 36.0 Å². The first-order valence-electron chi connectivity index (χ1n) is 8.98. The second-order valence-electron chi connectivity index (χ2n) is 7.96. The van der Waals surface area contributed by atoms with Crippen molar-refractivity contribution in [1.82, 2.24) is 4.72 Å². The van der Waals surface area contributed by atoms with Gasteiger partial charge in [-0.1, -0.05) is 0 Å². The number of ether oxygens (including phenoxy) is 1. The van der Waals surface area contributed by atoms with E-state index in [9.17, 15) is 36.5 Å². The summed E-state index contributed by atoms with van der Waals surface area (Å²) in [7, 11) is 0. The summed E-state index contributed by atoms with van der Waals surface area (Å²) in [4.78, 5) is 34.5. The van der Waals surface area contributed by atoms with E-state index in [0.717, 1.165) is 25.1 Å². The molecule has 12 heteroatoms. The van der Waals surface area contributed by atoms with Crippen LogP contribution in [0.5, 0.6) is 0 Å². The summed E-state index contributed by atoms with van der Waals surface area (Å²) in [6, 6.07) is 2.66. The van der Waals surface area contributed by atoms with E-state index in [2.05, 4.69) is 9.46 Å². The molecule has 0 spiro atoms. The third-order valence-corrected chi connectivity index (χ3v) is 5.69. The molecule has 174 valence electrons. The smallest absolute Gasteiger partial charge is 0.471 e. The Kier molecular flexibility index (Phi) is 8.63. The maximum atomic E-state index is 14.7. The normalized spacial score (nSPS) is 15.0. The van der Waals surface area contributed by atoms with Crippen LogP contribution in [0.4, 0.5) is 23.2 Å².